The fourth-order valence-corrected chi connectivity index (χ4v) is 3.80. The van der Waals surface area contributed by atoms with Crippen molar-refractivity contribution in [3.8, 4) is 0 Å². The van der Waals surface area contributed by atoms with Crippen molar-refractivity contribution in [1.82, 2.24) is 0 Å². The van der Waals surface area contributed by atoms with E-state index in [0.717, 1.165) is 4.47 Å². The van der Waals surface area contributed by atoms with E-state index in [1.165, 1.54) is 0 Å². The molecule has 1 spiro atoms. The third kappa shape index (κ3) is 3.43. The number of amides is 1. The molecule has 0 unspecified atom stereocenters. The molecule has 0 radical (unpaired) electrons. The number of nitrogens with one attached hydrogen (secondary N) is 1. The van der Waals surface area contributed by atoms with Gasteiger partial charge >= 0.3 is 5.97 Å². The average Bonchev–Trinajstić information content (AvgIpc) is 2.76. The van der Waals surface area contributed by atoms with Gasteiger partial charge in [0.1, 0.15) is 5.60 Å². The van der Waals surface area contributed by atoms with Crippen molar-refractivity contribution in [2.45, 2.75) is 44.3 Å². The molecular formula is C17H20BrNO4. The molecule has 2 aliphatic rings. The summed E-state index contributed by atoms with van der Waals surface area (Å²) in [7, 11) is 0. The predicted molar refractivity (Wildman–Crippen MR) is 89.0 cm³/mol. The Hall–Kier alpha value is -1.40. The number of carbonyl (C=O) groups excluding carboxylic acids is 2. The van der Waals surface area contributed by atoms with Gasteiger partial charge in [0.15, 0.2) is 0 Å². The van der Waals surface area contributed by atoms with Gasteiger partial charge < -0.3 is 14.8 Å². The summed E-state index contributed by atoms with van der Waals surface area (Å²) in [6.07, 6.45) is 1.21. The molecule has 23 heavy (non-hydrogen) atoms. The number of hydrogen-bond donors (Lipinski definition) is 1. The molecule has 2 fully saturated rings. The summed E-state index contributed by atoms with van der Waals surface area (Å²) in [5, 5.41) is 2.90. The average molecular weight is 382 g/mol. The van der Waals surface area contributed by atoms with Crippen LogP contribution in [0.3, 0.4) is 0 Å². The lowest BCUT2D eigenvalue weighted by Gasteiger charge is -2.43. The number of benzene rings is 1. The third-order valence-electron chi connectivity index (χ3n) is 4.49. The predicted octanol–water partition coefficient (Wildman–Crippen LogP) is 3.28. The summed E-state index contributed by atoms with van der Waals surface area (Å²) in [5.41, 5.74) is -0.448. The van der Waals surface area contributed by atoms with Gasteiger partial charge in [-0.2, -0.15) is 0 Å². The topological polar surface area (TPSA) is 64.6 Å². The molecule has 0 aliphatic carbocycles. The third-order valence-corrected chi connectivity index (χ3v) is 5.02. The van der Waals surface area contributed by atoms with Gasteiger partial charge in [0.2, 0.25) is 5.91 Å². The number of hydrogen-bond acceptors (Lipinski definition) is 4. The van der Waals surface area contributed by atoms with Gasteiger partial charge in [0.25, 0.3) is 0 Å². The van der Waals surface area contributed by atoms with Crippen molar-refractivity contribution in [3.63, 3.8) is 0 Å². The molecule has 0 aromatic heterocycles. The summed E-state index contributed by atoms with van der Waals surface area (Å²) in [6, 6.07) is 7.36. The number of halogens is 1. The highest BCUT2D eigenvalue weighted by Crippen LogP contribution is 2.45. The molecule has 5 nitrogen and oxygen atoms in total. The largest absolute Gasteiger partial charge is 0.458 e. The summed E-state index contributed by atoms with van der Waals surface area (Å²) in [4.78, 5) is 24.6. The maximum absolute atomic E-state index is 12.7. The van der Waals surface area contributed by atoms with Crippen LogP contribution in [-0.2, 0) is 19.1 Å². The molecule has 6 heteroatoms. The molecule has 2 heterocycles. The molecule has 1 N–H and O–H groups in total. The van der Waals surface area contributed by atoms with Crippen LogP contribution >= 0.6 is 15.9 Å². The molecule has 1 aromatic carbocycles. The molecule has 1 aromatic rings. The molecule has 3 rings (SSSR count). The van der Waals surface area contributed by atoms with E-state index in [1.807, 2.05) is 38.1 Å². The van der Waals surface area contributed by atoms with Crippen molar-refractivity contribution in [2.24, 2.45) is 5.92 Å². The molecule has 0 bridgehead atoms. The van der Waals surface area contributed by atoms with Gasteiger partial charge in [0.05, 0.1) is 24.5 Å². The maximum atomic E-state index is 12.7. The van der Waals surface area contributed by atoms with Crippen LogP contribution in [0.15, 0.2) is 28.7 Å². The number of rotatable bonds is 2. The zero-order valence-electron chi connectivity index (χ0n) is 13.2. The van der Waals surface area contributed by atoms with Crippen molar-refractivity contribution < 1.29 is 19.1 Å². The van der Waals surface area contributed by atoms with E-state index in [1.54, 1.807) is 0 Å². The van der Waals surface area contributed by atoms with Crippen LogP contribution in [0, 0.1) is 5.92 Å². The molecular weight excluding hydrogens is 362 g/mol. The highest BCUT2D eigenvalue weighted by Gasteiger charge is 2.56. The lowest BCUT2D eigenvalue weighted by molar-refractivity contribution is -0.178. The highest BCUT2D eigenvalue weighted by atomic mass is 79.9. The van der Waals surface area contributed by atoms with Crippen LogP contribution in [0.5, 0.6) is 0 Å². The Bertz CT molecular complexity index is 628. The first-order valence-electron chi connectivity index (χ1n) is 7.72. The van der Waals surface area contributed by atoms with E-state index in [4.69, 9.17) is 9.47 Å². The Kier molecular flexibility index (Phi) is 4.23. The fraction of sp³-hybridized carbons (Fsp3) is 0.529. The van der Waals surface area contributed by atoms with Crippen molar-refractivity contribution >= 4 is 33.5 Å². The monoisotopic (exact) mass is 381 g/mol. The van der Waals surface area contributed by atoms with Crippen LogP contribution in [0.1, 0.15) is 33.1 Å². The van der Waals surface area contributed by atoms with Crippen LogP contribution in [0.25, 0.3) is 0 Å². The number of anilines is 1. The molecule has 1 amide bonds. The quantitative estimate of drug-likeness (QED) is 0.798. The number of carbonyl (C=O) groups is 2. The zero-order valence-corrected chi connectivity index (χ0v) is 14.8. The van der Waals surface area contributed by atoms with Gasteiger partial charge in [0, 0.05) is 23.0 Å². The number of esters is 1. The fourth-order valence-electron chi connectivity index (χ4n) is 3.53. The van der Waals surface area contributed by atoms with Crippen molar-refractivity contribution in [3.05, 3.63) is 28.7 Å². The zero-order chi connectivity index (χ0) is 16.7. The van der Waals surface area contributed by atoms with Crippen LogP contribution in [-0.4, -0.2) is 29.7 Å². The van der Waals surface area contributed by atoms with Crippen molar-refractivity contribution in [2.75, 3.05) is 11.9 Å². The molecule has 2 saturated heterocycles. The van der Waals surface area contributed by atoms with E-state index in [2.05, 4.69) is 21.2 Å². The van der Waals surface area contributed by atoms with E-state index in [0.29, 0.717) is 25.1 Å². The standard InChI is InChI=1S/C17H20BrNO4/c1-16(2)10-17(7-8-22-16)13(9-14(20)23-17)15(21)19-12-5-3-11(18)4-6-12/h3-6,13H,7-10H2,1-2H3,(H,19,21)/t13-,17-/m0/s1. The Balaban J connectivity index is 1.80. The van der Waals surface area contributed by atoms with E-state index < -0.39 is 17.1 Å². The van der Waals surface area contributed by atoms with Crippen LogP contribution < -0.4 is 5.32 Å². The Labute approximate surface area is 143 Å². The second-order valence-corrected chi connectivity index (χ2v) is 7.74. The van der Waals surface area contributed by atoms with Crippen molar-refractivity contribution in [1.29, 1.82) is 0 Å². The first-order valence-corrected chi connectivity index (χ1v) is 8.51. The first kappa shape index (κ1) is 16.5. The lowest BCUT2D eigenvalue weighted by atomic mass is 9.75. The van der Waals surface area contributed by atoms with E-state index in [9.17, 15) is 9.59 Å². The molecule has 124 valence electrons. The highest BCUT2D eigenvalue weighted by molar-refractivity contribution is 9.10. The minimum atomic E-state index is -0.752. The summed E-state index contributed by atoms with van der Waals surface area (Å²) >= 11 is 3.36. The normalized spacial score (nSPS) is 29.3. The second-order valence-electron chi connectivity index (χ2n) is 6.83. The lowest BCUT2D eigenvalue weighted by Crippen LogP contribution is -2.52. The second kappa shape index (κ2) is 5.91. The Morgan fingerprint density at radius 2 is 2.00 bits per heavy atom. The van der Waals surface area contributed by atoms with Gasteiger partial charge in [-0.3, -0.25) is 9.59 Å². The summed E-state index contributed by atoms with van der Waals surface area (Å²) in [5.74, 6) is -0.962. The Morgan fingerprint density at radius 3 is 2.65 bits per heavy atom. The molecule has 2 aliphatic heterocycles. The minimum absolute atomic E-state index is 0.123. The summed E-state index contributed by atoms with van der Waals surface area (Å²) in [6.45, 7) is 4.41. The molecule has 2 atom stereocenters. The smallest absolute Gasteiger partial charge is 0.307 e. The summed E-state index contributed by atoms with van der Waals surface area (Å²) < 4.78 is 12.3. The van der Waals surface area contributed by atoms with E-state index >= 15 is 0 Å². The SMILES string of the molecule is CC1(C)C[C@]2(CCO1)OC(=O)C[C@H]2C(=O)Nc1ccc(Br)cc1. The van der Waals surface area contributed by atoms with Gasteiger partial charge in [-0.05, 0) is 38.1 Å². The first-order chi connectivity index (χ1) is 10.8. The molecule has 0 saturated carbocycles. The van der Waals surface area contributed by atoms with E-state index in [-0.39, 0.29) is 18.3 Å². The van der Waals surface area contributed by atoms with Crippen LogP contribution in [0.4, 0.5) is 5.69 Å². The maximum Gasteiger partial charge on any atom is 0.307 e. The number of ether oxygens (including phenoxy) is 2. The van der Waals surface area contributed by atoms with Gasteiger partial charge in [-0.15, -0.1) is 0 Å². The van der Waals surface area contributed by atoms with Gasteiger partial charge in [-0.25, -0.2) is 0 Å². The van der Waals surface area contributed by atoms with Gasteiger partial charge in [-0.1, -0.05) is 15.9 Å². The Morgan fingerprint density at radius 1 is 1.30 bits per heavy atom. The van der Waals surface area contributed by atoms with Crippen LogP contribution in [0.2, 0.25) is 0 Å². The minimum Gasteiger partial charge on any atom is -0.458 e.